The molecule has 0 aromatic heterocycles. The zero-order chi connectivity index (χ0) is 21.6. The first-order valence-electron chi connectivity index (χ1n) is 9.78. The molecule has 0 saturated carbocycles. The first-order chi connectivity index (χ1) is 13.6. The Morgan fingerprint density at radius 3 is 2.38 bits per heavy atom. The van der Waals surface area contributed by atoms with Crippen molar-refractivity contribution in [3.8, 4) is 5.75 Å². The molecule has 1 aromatic carbocycles. The summed E-state index contributed by atoms with van der Waals surface area (Å²) in [5, 5.41) is 5.25. The molecule has 1 aliphatic rings. The van der Waals surface area contributed by atoms with Crippen LogP contribution in [0.2, 0.25) is 0 Å². The van der Waals surface area contributed by atoms with Gasteiger partial charge < -0.3 is 25.8 Å². The third-order valence-corrected chi connectivity index (χ3v) is 4.83. The van der Waals surface area contributed by atoms with Crippen LogP contribution in [-0.2, 0) is 25.5 Å². The molecule has 0 radical (unpaired) electrons. The van der Waals surface area contributed by atoms with Crippen molar-refractivity contribution < 1.29 is 23.9 Å². The molecule has 2 amide bonds. The second kappa shape index (κ2) is 9.84. The van der Waals surface area contributed by atoms with E-state index in [0.29, 0.717) is 19.4 Å². The summed E-state index contributed by atoms with van der Waals surface area (Å²) in [6, 6.07) is 5.83. The van der Waals surface area contributed by atoms with Gasteiger partial charge in [0.25, 0.3) is 0 Å². The zero-order valence-corrected chi connectivity index (χ0v) is 17.5. The molecule has 8 heteroatoms. The van der Waals surface area contributed by atoms with Crippen LogP contribution in [0.4, 0.5) is 0 Å². The zero-order valence-electron chi connectivity index (χ0n) is 17.5. The third-order valence-electron chi connectivity index (χ3n) is 4.83. The maximum absolute atomic E-state index is 12.5. The van der Waals surface area contributed by atoms with E-state index in [9.17, 15) is 14.4 Å². The predicted molar refractivity (Wildman–Crippen MR) is 108 cm³/mol. The first kappa shape index (κ1) is 22.8. The highest BCUT2D eigenvalue weighted by molar-refractivity contribution is 5.97. The van der Waals surface area contributed by atoms with Crippen LogP contribution in [0, 0.1) is 5.92 Å². The van der Waals surface area contributed by atoms with Crippen LogP contribution in [0.1, 0.15) is 32.8 Å². The fourth-order valence-electron chi connectivity index (χ4n) is 2.97. The lowest BCUT2D eigenvalue weighted by Gasteiger charge is -2.21. The van der Waals surface area contributed by atoms with E-state index < -0.39 is 29.5 Å². The molecule has 1 aromatic rings. The van der Waals surface area contributed by atoms with Crippen LogP contribution in [0.5, 0.6) is 5.75 Å². The Bertz CT molecular complexity index is 728. The number of carbonyl (C=O) groups excluding carboxylic acids is 3. The monoisotopic (exact) mass is 405 g/mol. The maximum atomic E-state index is 12.5. The van der Waals surface area contributed by atoms with E-state index in [1.807, 2.05) is 26.0 Å². The Labute approximate surface area is 171 Å². The minimum Gasteiger partial charge on any atom is -0.497 e. The van der Waals surface area contributed by atoms with Crippen LogP contribution in [0.25, 0.3) is 0 Å². The normalized spacial score (nSPS) is 19.9. The largest absolute Gasteiger partial charge is 0.497 e. The smallest absolute Gasteiger partial charge is 0.239 e. The van der Waals surface area contributed by atoms with Crippen molar-refractivity contribution in [1.82, 2.24) is 10.6 Å². The number of nitrogens with one attached hydrogen (secondary N) is 2. The maximum Gasteiger partial charge on any atom is 0.239 e. The standard InChI is InChI=1S/C21H31N3O5/c1-13(2)9-17(19(26)21(3)12-29-21)24-18(25)11-23-20(27)16(22)10-14-5-7-15(28-4)8-6-14/h5-8,13,16-17H,9-12,22H2,1-4H3,(H,23,27)(H,24,25)/t16-,17-,21?/m0/s1. The summed E-state index contributed by atoms with van der Waals surface area (Å²) in [7, 11) is 1.58. The van der Waals surface area contributed by atoms with Crippen LogP contribution in [0.15, 0.2) is 24.3 Å². The van der Waals surface area contributed by atoms with Gasteiger partial charge in [-0.1, -0.05) is 26.0 Å². The summed E-state index contributed by atoms with van der Waals surface area (Å²) in [4.78, 5) is 37.0. The lowest BCUT2D eigenvalue weighted by Crippen LogP contribution is -2.51. The number of epoxide rings is 1. The molecule has 2 rings (SSSR count). The number of ketones is 1. The fraction of sp³-hybridized carbons (Fsp3) is 0.571. The molecule has 1 saturated heterocycles. The third kappa shape index (κ3) is 6.83. The Kier molecular flexibility index (Phi) is 7.75. The van der Waals surface area contributed by atoms with Gasteiger partial charge in [-0.2, -0.15) is 0 Å². The highest BCUT2D eigenvalue weighted by Crippen LogP contribution is 2.29. The topological polar surface area (TPSA) is 123 Å². The van der Waals surface area contributed by atoms with Crippen molar-refractivity contribution in [2.24, 2.45) is 11.7 Å². The first-order valence-corrected chi connectivity index (χ1v) is 9.78. The van der Waals surface area contributed by atoms with Gasteiger partial charge in [-0.25, -0.2) is 0 Å². The molecule has 29 heavy (non-hydrogen) atoms. The van der Waals surface area contributed by atoms with Crippen LogP contribution < -0.4 is 21.1 Å². The average Bonchev–Trinajstić information content (AvgIpc) is 3.43. The lowest BCUT2D eigenvalue weighted by molar-refractivity contribution is -0.131. The van der Waals surface area contributed by atoms with Gasteiger partial charge in [0.05, 0.1) is 32.3 Å². The minimum absolute atomic E-state index is 0.137. The SMILES string of the molecule is COc1ccc(C[C@H](N)C(=O)NCC(=O)N[C@@H](CC(C)C)C(=O)C2(C)CO2)cc1. The summed E-state index contributed by atoms with van der Waals surface area (Å²) in [6.45, 7) is 5.79. The number of benzene rings is 1. The summed E-state index contributed by atoms with van der Waals surface area (Å²) in [5.74, 6) is -0.0565. The van der Waals surface area contributed by atoms with Gasteiger partial charge in [0.15, 0.2) is 5.78 Å². The van der Waals surface area contributed by atoms with Crippen LogP contribution >= 0.6 is 0 Å². The summed E-state index contributed by atoms with van der Waals surface area (Å²) in [5.41, 5.74) is 6.02. The lowest BCUT2D eigenvalue weighted by atomic mass is 9.93. The van der Waals surface area contributed by atoms with Crippen molar-refractivity contribution in [2.45, 2.75) is 51.3 Å². The molecule has 160 valence electrons. The Morgan fingerprint density at radius 2 is 1.86 bits per heavy atom. The number of Topliss-reactive ketones (excluding diaryl/α,β-unsaturated/α-hetero) is 1. The summed E-state index contributed by atoms with van der Waals surface area (Å²) < 4.78 is 10.3. The molecule has 0 bridgehead atoms. The van der Waals surface area contributed by atoms with Crippen molar-refractivity contribution in [2.75, 3.05) is 20.3 Å². The molecule has 8 nitrogen and oxygen atoms in total. The number of hydrogen-bond acceptors (Lipinski definition) is 6. The van der Waals surface area contributed by atoms with Crippen molar-refractivity contribution in [1.29, 1.82) is 0 Å². The number of nitrogens with two attached hydrogens (primary N) is 1. The van der Waals surface area contributed by atoms with Gasteiger partial charge in [-0.3, -0.25) is 14.4 Å². The average molecular weight is 405 g/mol. The van der Waals surface area contributed by atoms with E-state index >= 15 is 0 Å². The Morgan fingerprint density at radius 1 is 1.24 bits per heavy atom. The summed E-state index contributed by atoms with van der Waals surface area (Å²) in [6.07, 6.45) is 0.843. The van der Waals surface area contributed by atoms with E-state index in [-0.39, 0.29) is 18.2 Å². The number of hydrogen-bond donors (Lipinski definition) is 3. The highest BCUT2D eigenvalue weighted by Gasteiger charge is 2.50. The molecule has 4 N–H and O–H groups in total. The molecule has 3 atom stereocenters. The molecule has 1 aliphatic heterocycles. The second-order valence-corrected chi connectivity index (χ2v) is 8.01. The molecular weight excluding hydrogens is 374 g/mol. The van der Waals surface area contributed by atoms with Crippen LogP contribution in [-0.4, -0.2) is 55.5 Å². The number of carbonyl (C=O) groups is 3. The molecule has 1 heterocycles. The van der Waals surface area contributed by atoms with Gasteiger partial charge in [0, 0.05) is 0 Å². The molecule has 0 aliphatic carbocycles. The van der Waals surface area contributed by atoms with Crippen LogP contribution in [0.3, 0.4) is 0 Å². The molecular formula is C21H31N3O5. The molecule has 0 spiro atoms. The van der Waals surface area contributed by atoms with Gasteiger partial charge in [0.2, 0.25) is 11.8 Å². The number of ether oxygens (including phenoxy) is 2. The van der Waals surface area contributed by atoms with Gasteiger partial charge in [-0.05, 0) is 43.4 Å². The number of methoxy groups -OCH3 is 1. The fourth-order valence-corrected chi connectivity index (χ4v) is 2.97. The van der Waals surface area contributed by atoms with E-state index in [1.165, 1.54) is 0 Å². The van der Waals surface area contributed by atoms with Gasteiger partial charge in [-0.15, -0.1) is 0 Å². The van der Waals surface area contributed by atoms with Crippen molar-refractivity contribution in [3.63, 3.8) is 0 Å². The molecule has 1 fully saturated rings. The number of rotatable bonds is 11. The van der Waals surface area contributed by atoms with Gasteiger partial charge >= 0.3 is 0 Å². The van der Waals surface area contributed by atoms with E-state index in [1.54, 1.807) is 26.2 Å². The summed E-state index contributed by atoms with van der Waals surface area (Å²) >= 11 is 0. The van der Waals surface area contributed by atoms with E-state index in [0.717, 1.165) is 11.3 Å². The number of amides is 2. The Hall–Kier alpha value is -2.45. The van der Waals surface area contributed by atoms with E-state index in [2.05, 4.69) is 10.6 Å². The van der Waals surface area contributed by atoms with Crippen molar-refractivity contribution >= 4 is 17.6 Å². The predicted octanol–water partition coefficient (Wildman–Crippen LogP) is 0.570. The molecule has 1 unspecified atom stereocenters. The van der Waals surface area contributed by atoms with E-state index in [4.69, 9.17) is 15.2 Å². The van der Waals surface area contributed by atoms with Gasteiger partial charge in [0.1, 0.15) is 11.4 Å². The van der Waals surface area contributed by atoms with Crippen molar-refractivity contribution in [3.05, 3.63) is 29.8 Å². The highest BCUT2D eigenvalue weighted by atomic mass is 16.6. The quantitative estimate of drug-likeness (QED) is 0.463. The second-order valence-electron chi connectivity index (χ2n) is 8.01. The Balaban J connectivity index is 1.82. The minimum atomic E-state index is -0.809.